The highest BCUT2D eigenvalue weighted by atomic mass is 15.0. The highest BCUT2D eigenvalue weighted by Gasteiger charge is 2.20. The minimum atomic E-state index is -0.611. The van der Waals surface area contributed by atoms with Crippen LogP contribution in [0.1, 0.15) is 24.7 Å². The summed E-state index contributed by atoms with van der Waals surface area (Å²) in [7, 11) is 0. The lowest BCUT2D eigenvalue weighted by Gasteiger charge is -2.19. The van der Waals surface area contributed by atoms with Gasteiger partial charge in [-0.2, -0.15) is 0 Å². The Balaban J connectivity index is 1.22. The van der Waals surface area contributed by atoms with Crippen LogP contribution in [0.3, 0.4) is 0 Å². The summed E-state index contributed by atoms with van der Waals surface area (Å²) in [6, 6.07) is 18.5. The van der Waals surface area contributed by atoms with Crippen molar-refractivity contribution in [1.82, 2.24) is 4.57 Å². The Hall–Kier alpha value is -7.48. The zero-order valence-corrected chi connectivity index (χ0v) is 29.6. The van der Waals surface area contributed by atoms with E-state index < -0.39 is 109 Å². The normalized spacial score (nSPS) is 16.6. The van der Waals surface area contributed by atoms with Crippen LogP contribution in [0.2, 0.25) is 0 Å². The molecular weight excluding hydrogens is 687 g/mol. The van der Waals surface area contributed by atoms with Crippen LogP contribution in [0.15, 0.2) is 200 Å². The molecule has 0 N–H and O–H groups in total. The van der Waals surface area contributed by atoms with Crippen molar-refractivity contribution in [2.24, 2.45) is 0 Å². The van der Waals surface area contributed by atoms with E-state index in [1.165, 1.54) is 0 Å². The van der Waals surface area contributed by atoms with Crippen LogP contribution in [0, 0.1) is 0 Å². The van der Waals surface area contributed by atoms with Gasteiger partial charge >= 0.3 is 0 Å². The Kier molecular flexibility index (Phi) is 3.73. The molecule has 1 aromatic heterocycles. The zero-order valence-electron chi connectivity index (χ0n) is 47.6. The Bertz CT molecular complexity index is 4750. The summed E-state index contributed by atoms with van der Waals surface area (Å²) >= 11 is 0. The number of aromatic nitrogens is 1. The van der Waals surface area contributed by atoms with Gasteiger partial charge in [0, 0.05) is 16.5 Å². The van der Waals surface area contributed by atoms with Gasteiger partial charge in [0.1, 0.15) is 0 Å². The molecular formula is C56H33N. The molecule has 0 aliphatic carbocycles. The molecule has 1 heteroatoms. The lowest BCUT2D eigenvalue weighted by atomic mass is 9.84. The van der Waals surface area contributed by atoms with Gasteiger partial charge in [-0.25, -0.2) is 0 Å². The van der Waals surface area contributed by atoms with Gasteiger partial charge in [0.05, 0.1) is 35.7 Å². The fourth-order valence-corrected chi connectivity index (χ4v) is 8.70. The van der Waals surface area contributed by atoms with Gasteiger partial charge in [-0.1, -0.05) is 163 Å². The number of nitrogens with zero attached hydrogens (tertiary/aromatic N) is 1. The predicted molar refractivity (Wildman–Crippen MR) is 244 cm³/mol. The first-order valence-electron chi connectivity index (χ1n) is 27.4. The molecule has 1 heterocycles. The lowest BCUT2D eigenvalue weighted by Crippen LogP contribution is -1.93. The first-order chi connectivity index (χ1) is 35.8. The molecule has 0 saturated heterocycles. The van der Waals surface area contributed by atoms with Crippen LogP contribution in [-0.4, -0.2) is 4.57 Å². The summed E-state index contributed by atoms with van der Waals surface area (Å²) in [6.45, 7) is 0. The predicted octanol–water partition coefficient (Wildman–Crippen LogP) is 15.6. The summed E-state index contributed by atoms with van der Waals surface area (Å²) in [5, 5.41) is 0.0531. The van der Waals surface area contributed by atoms with Crippen LogP contribution in [0.25, 0.3) is 126 Å². The van der Waals surface area contributed by atoms with Gasteiger partial charge in [0.25, 0.3) is 0 Å². The van der Waals surface area contributed by atoms with E-state index >= 15 is 0 Å². The van der Waals surface area contributed by atoms with Crippen LogP contribution in [-0.2, 0) is 0 Å². The molecule has 0 spiro atoms. The lowest BCUT2D eigenvalue weighted by molar-refractivity contribution is 1.18. The minimum absolute atomic E-state index is 0.0177. The van der Waals surface area contributed by atoms with Crippen molar-refractivity contribution in [1.29, 1.82) is 0 Å². The van der Waals surface area contributed by atoms with E-state index in [-0.39, 0.29) is 86.9 Å². The molecule has 0 saturated carbocycles. The second-order valence-corrected chi connectivity index (χ2v) is 14.2. The van der Waals surface area contributed by atoms with Gasteiger partial charge in [0.2, 0.25) is 0 Å². The number of hydrogen-bond donors (Lipinski definition) is 0. The van der Waals surface area contributed by atoms with Crippen molar-refractivity contribution < 1.29 is 24.7 Å². The molecule has 0 atom stereocenters. The monoisotopic (exact) mass is 737 g/mol. The second-order valence-electron chi connectivity index (χ2n) is 14.2. The fraction of sp³-hybridized carbons (Fsp3) is 0. The third-order valence-electron chi connectivity index (χ3n) is 11.2. The molecule has 57 heavy (non-hydrogen) atoms. The van der Waals surface area contributed by atoms with Crippen LogP contribution < -0.4 is 0 Å². The van der Waals surface area contributed by atoms with Gasteiger partial charge < -0.3 is 4.57 Å². The van der Waals surface area contributed by atoms with E-state index in [1.54, 1.807) is 18.2 Å². The quantitative estimate of drug-likeness (QED) is 0.159. The molecule has 1 nitrogen and oxygen atoms in total. The highest BCUT2D eigenvalue weighted by Crippen LogP contribution is 2.46. The maximum atomic E-state index is 9.90. The standard InChI is InChI=1S/C56H33N/c1-2-12-42(13-3-1)57-51-15-5-4-14-46(51)50-33-41(25-31-52(50)57)44-27-24-40(43-26-20-38-18-16-34-8-6-10-36-22-29-47(43)55(38)53(34)36)32-49(44)45-28-21-39-19-17-35-9-7-11-37-23-30-48(45)56(39)54(35)37/h1-33H/i6D,7D,8D,9D,10D,11D,16D,17D,18D,19D,20D,21D,22D,23D,26D,28D,29D,30D. The summed E-state index contributed by atoms with van der Waals surface area (Å²) in [6.07, 6.45) is 0. The summed E-state index contributed by atoms with van der Waals surface area (Å²) < 4.78 is 168. The van der Waals surface area contributed by atoms with Gasteiger partial charge in [-0.3, -0.25) is 0 Å². The average Bonchev–Trinajstić information content (AvgIpc) is 3.74. The zero-order chi connectivity index (χ0) is 52.9. The molecule has 13 aromatic rings. The van der Waals surface area contributed by atoms with Crippen molar-refractivity contribution in [3.8, 4) is 39.1 Å². The van der Waals surface area contributed by atoms with Gasteiger partial charge in [-0.05, 0) is 134 Å². The van der Waals surface area contributed by atoms with Crippen molar-refractivity contribution in [2.75, 3.05) is 0 Å². The number of para-hydroxylation sites is 2. The molecule has 0 amide bonds. The summed E-state index contributed by atoms with van der Waals surface area (Å²) in [4.78, 5) is 0. The smallest absolute Gasteiger partial charge is 0.0630 e. The first kappa shape index (κ1) is 18.4. The van der Waals surface area contributed by atoms with Gasteiger partial charge in [-0.15, -0.1) is 0 Å². The molecule has 0 fully saturated rings. The van der Waals surface area contributed by atoms with E-state index in [9.17, 15) is 12.3 Å². The molecule has 12 aromatic carbocycles. The van der Waals surface area contributed by atoms with E-state index in [0.717, 1.165) is 27.5 Å². The summed E-state index contributed by atoms with van der Waals surface area (Å²) in [5.41, 5.74) is 3.73. The van der Waals surface area contributed by atoms with Crippen LogP contribution >= 0.6 is 0 Å². The first-order valence-corrected chi connectivity index (χ1v) is 18.4. The number of fused-ring (bicyclic) bond motifs is 3. The number of hydrogen-bond acceptors (Lipinski definition) is 0. The van der Waals surface area contributed by atoms with Crippen LogP contribution in [0.5, 0.6) is 0 Å². The van der Waals surface area contributed by atoms with Crippen LogP contribution in [0.4, 0.5) is 0 Å². The highest BCUT2D eigenvalue weighted by molar-refractivity contribution is 6.27. The third kappa shape index (κ3) is 4.34. The molecule has 0 bridgehead atoms. The molecule has 0 aliphatic rings. The van der Waals surface area contributed by atoms with Crippen molar-refractivity contribution >= 4 is 86.4 Å². The third-order valence-corrected chi connectivity index (χ3v) is 11.2. The fourth-order valence-electron chi connectivity index (χ4n) is 8.70. The molecule has 13 rings (SSSR count). The van der Waals surface area contributed by atoms with E-state index in [1.807, 2.05) is 72.8 Å². The Labute approximate surface area is 354 Å². The van der Waals surface area contributed by atoms with Crippen molar-refractivity contribution in [3.63, 3.8) is 0 Å². The summed E-state index contributed by atoms with van der Waals surface area (Å²) in [5.74, 6) is 0. The molecule has 0 unspecified atom stereocenters. The minimum Gasteiger partial charge on any atom is -0.309 e. The number of benzene rings is 12. The SMILES string of the molecule is [2H]c1c([2H])c2c([2H])c([2H])c3c([2H])c([2H])c(-c4ccc(-c5ccc6c(c5)c5ccccc5n6-c5ccccc5)c(-c5c([2H])c([2H])c6c([2H])c([2H])c7c([2H])c([2H])c([2H])c8c([2H])c([2H])c5c6c78)c4)c4c([2H])c([2H])c(c1[2H])c2c34. The van der Waals surface area contributed by atoms with E-state index in [4.69, 9.17) is 12.3 Å². The largest absolute Gasteiger partial charge is 0.309 e. The van der Waals surface area contributed by atoms with E-state index in [0.29, 0.717) is 11.1 Å². The maximum absolute atomic E-state index is 9.90. The van der Waals surface area contributed by atoms with Crippen molar-refractivity contribution in [2.45, 2.75) is 0 Å². The van der Waals surface area contributed by atoms with E-state index in [2.05, 4.69) is 4.57 Å². The van der Waals surface area contributed by atoms with Crippen molar-refractivity contribution in [3.05, 3.63) is 200 Å². The Morgan fingerprint density at radius 1 is 0.316 bits per heavy atom. The van der Waals surface area contributed by atoms with Gasteiger partial charge in [0.15, 0.2) is 0 Å². The molecule has 262 valence electrons. The maximum Gasteiger partial charge on any atom is 0.0630 e. The molecule has 0 radical (unpaired) electrons. The number of rotatable bonds is 4. The molecule has 0 aliphatic heterocycles. The second kappa shape index (κ2) is 11.5. The topological polar surface area (TPSA) is 4.93 Å². The Morgan fingerprint density at radius 3 is 1.51 bits per heavy atom. The Morgan fingerprint density at radius 2 is 0.825 bits per heavy atom. The average molecular weight is 738 g/mol.